The van der Waals surface area contributed by atoms with Crippen LogP contribution in [0.4, 0.5) is 5.82 Å². The summed E-state index contributed by atoms with van der Waals surface area (Å²) in [5, 5.41) is 4.27. The van der Waals surface area contributed by atoms with Crippen LogP contribution in [0, 0.1) is 12.3 Å². The molecule has 74 valence electrons. The minimum Gasteiger partial charge on any atom is -0.382 e. The highest BCUT2D eigenvalue weighted by molar-refractivity contribution is 5.29. The van der Waals surface area contributed by atoms with Gasteiger partial charge in [-0.15, -0.1) is 0 Å². The number of anilines is 1. The molecule has 0 amide bonds. The van der Waals surface area contributed by atoms with Gasteiger partial charge in [0.15, 0.2) is 0 Å². The predicted molar refractivity (Wildman–Crippen MR) is 55.5 cm³/mol. The summed E-state index contributed by atoms with van der Waals surface area (Å²) in [7, 11) is 0. The van der Waals surface area contributed by atoms with Gasteiger partial charge in [-0.1, -0.05) is 20.8 Å². The largest absolute Gasteiger partial charge is 0.382 e. The summed E-state index contributed by atoms with van der Waals surface area (Å²) in [4.78, 5) is 0. The average molecular weight is 181 g/mol. The summed E-state index contributed by atoms with van der Waals surface area (Å²) in [5.74, 6) is 0.605. The zero-order valence-corrected chi connectivity index (χ0v) is 9.13. The first-order valence-electron chi connectivity index (χ1n) is 4.64. The Morgan fingerprint density at radius 3 is 2.31 bits per heavy atom. The van der Waals surface area contributed by atoms with Gasteiger partial charge in [-0.25, -0.2) is 0 Å². The molecule has 3 heteroatoms. The first kappa shape index (κ1) is 10.1. The summed E-state index contributed by atoms with van der Waals surface area (Å²) < 4.78 is 2.00. The van der Waals surface area contributed by atoms with Gasteiger partial charge in [0.2, 0.25) is 0 Å². The fraction of sp³-hybridized carbons (Fsp3) is 0.700. The monoisotopic (exact) mass is 181 g/mol. The highest BCUT2D eigenvalue weighted by atomic mass is 15.3. The van der Waals surface area contributed by atoms with Crippen molar-refractivity contribution >= 4 is 5.82 Å². The standard InChI is InChI=1S/C10H19N3/c1-7-6-9(11)12-13(7)8(2)10(3,4)5/h6,8H,1-5H3,(H2,11,12). The third-order valence-electron chi connectivity index (χ3n) is 2.56. The number of aryl methyl sites for hydroxylation is 1. The van der Waals surface area contributed by atoms with Gasteiger partial charge in [-0.2, -0.15) is 5.10 Å². The fourth-order valence-electron chi connectivity index (χ4n) is 1.27. The minimum absolute atomic E-state index is 0.212. The Labute approximate surface area is 79.9 Å². The van der Waals surface area contributed by atoms with E-state index in [0.717, 1.165) is 5.69 Å². The van der Waals surface area contributed by atoms with Crippen molar-refractivity contribution in [3.63, 3.8) is 0 Å². The molecule has 0 fully saturated rings. The zero-order chi connectivity index (χ0) is 10.2. The number of hydrogen-bond donors (Lipinski definition) is 1. The van der Waals surface area contributed by atoms with E-state index in [0.29, 0.717) is 11.9 Å². The molecule has 0 radical (unpaired) electrons. The van der Waals surface area contributed by atoms with Gasteiger partial charge in [-0.05, 0) is 19.3 Å². The zero-order valence-electron chi connectivity index (χ0n) is 9.13. The van der Waals surface area contributed by atoms with Crippen LogP contribution in [0.25, 0.3) is 0 Å². The van der Waals surface area contributed by atoms with Crippen molar-refractivity contribution in [2.75, 3.05) is 5.73 Å². The Morgan fingerprint density at radius 2 is 2.00 bits per heavy atom. The second kappa shape index (κ2) is 3.05. The molecular formula is C10H19N3. The first-order chi connectivity index (χ1) is 5.82. The van der Waals surface area contributed by atoms with Crippen molar-refractivity contribution in [1.29, 1.82) is 0 Å². The Bertz CT molecular complexity index is 294. The minimum atomic E-state index is 0.212. The van der Waals surface area contributed by atoms with E-state index in [1.807, 2.05) is 17.7 Å². The molecule has 0 saturated heterocycles. The fourth-order valence-corrected chi connectivity index (χ4v) is 1.27. The number of rotatable bonds is 1. The third-order valence-corrected chi connectivity index (χ3v) is 2.56. The van der Waals surface area contributed by atoms with Gasteiger partial charge < -0.3 is 5.73 Å². The van der Waals surface area contributed by atoms with Gasteiger partial charge in [-0.3, -0.25) is 4.68 Å². The molecule has 0 aromatic carbocycles. The molecule has 1 rings (SSSR count). The van der Waals surface area contributed by atoms with E-state index < -0.39 is 0 Å². The molecule has 13 heavy (non-hydrogen) atoms. The van der Waals surface area contributed by atoms with Gasteiger partial charge in [0.1, 0.15) is 5.82 Å². The van der Waals surface area contributed by atoms with E-state index in [-0.39, 0.29) is 5.41 Å². The lowest BCUT2D eigenvalue weighted by atomic mass is 9.88. The number of nitrogens with two attached hydrogens (primary N) is 1. The Hall–Kier alpha value is -0.990. The van der Waals surface area contributed by atoms with E-state index in [1.54, 1.807) is 0 Å². The number of hydrogen-bond acceptors (Lipinski definition) is 2. The van der Waals surface area contributed by atoms with Gasteiger partial charge in [0.25, 0.3) is 0 Å². The van der Waals surface area contributed by atoms with Crippen LogP contribution in [-0.2, 0) is 0 Å². The van der Waals surface area contributed by atoms with Crippen molar-refractivity contribution in [3.05, 3.63) is 11.8 Å². The maximum Gasteiger partial charge on any atom is 0.145 e. The quantitative estimate of drug-likeness (QED) is 0.723. The van der Waals surface area contributed by atoms with Crippen molar-refractivity contribution in [3.8, 4) is 0 Å². The van der Waals surface area contributed by atoms with Crippen LogP contribution < -0.4 is 5.73 Å². The van der Waals surface area contributed by atoms with Crippen molar-refractivity contribution in [2.45, 2.75) is 40.7 Å². The number of nitrogen functional groups attached to an aromatic ring is 1. The van der Waals surface area contributed by atoms with Crippen LogP contribution in [0.3, 0.4) is 0 Å². The van der Waals surface area contributed by atoms with Crippen LogP contribution in [0.2, 0.25) is 0 Å². The van der Waals surface area contributed by atoms with Crippen LogP contribution in [0.1, 0.15) is 39.4 Å². The molecule has 2 N–H and O–H groups in total. The molecule has 1 heterocycles. The van der Waals surface area contributed by atoms with Gasteiger partial charge in [0.05, 0.1) is 6.04 Å². The summed E-state index contributed by atoms with van der Waals surface area (Å²) in [5.41, 5.74) is 6.97. The number of nitrogens with zero attached hydrogens (tertiary/aromatic N) is 2. The molecule has 0 aliphatic rings. The van der Waals surface area contributed by atoms with E-state index >= 15 is 0 Å². The lowest BCUT2D eigenvalue weighted by Gasteiger charge is -2.28. The van der Waals surface area contributed by atoms with Gasteiger partial charge in [0, 0.05) is 11.8 Å². The molecule has 1 atom stereocenters. The van der Waals surface area contributed by atoms with Crippen LogP contribution in [0.15, 0.2) is 6.07 Å². The topological polar surface area (TPSA) is 43.8 Å². The molecule has 1 unspecified atom stereocenters. The first-order valence-corrected chi connectivity index (χ1v) is 4.64. The smallest absolute Gasteiger partial charge is 0.145 e. The van der Waals surface area contributed by atoms with Crippen LogP contribution >= 0.6 is 0 Å². The number of aromatic nitrogens is 2. The summed E-state index contributed by atoms with van der Waals surface area (Å²) >= 11 is 0. The van der Waals surface area contributed by atoms with Crippen molar-refractivity contribution in [2.24, 2.45) is 5.41 Å². The summed E-state index contributed by atoms with van der Waals surface area (Å²) in [6.45, 7) is 10.8. The third kappa shape index (κ3) is 2.02. The molecule has 3 nitrogen and oxygen atoms in total. The summed E-state index contributed by atoms with van der Waals surface area (Å²) in [6, 6.07) is 2.27. The molecule has 0 aliphatic carbocycles. The second-order valence-electron chi connectivity index (χ2n) is 4.70. The Morgan fingerprint density at radius 1 is 1.46 bits per heavy atom. The molecule has 0 bridgehead atoms. The van der Waals surface area contributed by atoms with Crippen molar-refractivity contribution in [1.82, 2.24) is 9.78 Å². The van der Waals surface area contributed by atoms with E-state index in [2.05, 4.69) is 32.8 Å². The lowest BCUT2D eigenvalue weighted by molar-refractivity contribution is 0.242. The molecule has 1 aromatic heterocycles. The highest BCUT2D eigenvalue weighted by Gasteiger charge is 2.23. The van der Waals surface area contributed by atoms with E-state index in [9.17, 15) is 0 Å². The van der Waals surface area contributed by atoms with Crippen molar-refractivity contribution < 1.29 is 0 Å². The normalized spacial score (nSPS) is 14.5. The van der Waals surface area contributed by atoms with Crippen LogP contribution in [-0.4, -0.2) is 9.78 Å². The molecular weight excluding hydrogens is 162 g/mol. The van der Waals surface area contributed by atoms with E-state index in [1.165, 1.54) is 0 Å². The lowest BCUT2D eigenvalue weighted by Crippen LogP contribution is -2.23. The maximum absolute atomic E-state index is 5.63. The molecule has 0 aliphatic heterocycles. The molecule has 1 aromatic rings. The predicted octanol–water partition coefficient (Wildman–Crippen LogP) is 2.38. The van der Waals surface area contributed by atoms with Gasteiger partial charge >= 0.3 is 0 Å². The molecule has 0 spiro atoms. The second-order valence-corrected chi connectivity index (χ2v) is 4.70. The summed E-state index contributed by atoms with van der Waals surface area (Å²) in [6.07, 6.45) is 0. The Balaban J connectivity index is 3.01. The highest BCUT2D eigenvalue weighted by Crippen LogP contribution is 2.30. The maximum atomic E-state index is 5.63. The molecule has 0 saturated carbocycles. The Kier molecular flexibility index (Phi) is 2.37. The van der Waals surface area contributed by atoms with Crippen LogP contribution in [0.5, 0.6) is 0 Å². The average Bonchev–Trinajstić information content (AvgIpc) is 2.26. The van der Waals surface area contributed by atoms with E-state index in [4.69, 9.17) is 5.73 Å². The SMILES string of the molecule is Cc1cc(N)nn1C(C)C(C)(C)C.